The Kier molecular flexibility index (Phi) is 3.37. The predicted octanol–water partition coefficient (Wildman–Crippen LogP) is 1.34. The Balaban J connectivity index is 2.81. The van der Waals surface area contributed by atoms with E-state index in [1.165, 1.54) is 4.90 Å². The molecule has 0 saturated heterocycles. The van der Waals surface area contributed by atoms with Gasteiger partial charge in [-0.15, -0.1) is 0 Å². The maximum atomic E-state index is 11.9. The van der Waals surface area contributed by atoms with Crippen LogP contribution in [0.1, 0.15) is 30.6 Å². The number of nitrogens with zero attached hydrogens (tertiary/aromatic N) is 1. The summed E-state index contributed by atoms with van der Waals surface area (Å²) in [7, 11) is 1.61. The van der Waals surface area contributed by atoms with Gasteiger partial charge in [0.15, 0.2) is 0 Å². The topological polar surface area (TPSA) is 73.4 Å². The van der Waals surface area contributed by atoms with Crippen LogP contribution in [0, 0.1) is 0 Å². The van der Waals surface area contributed by atoms with E-state index in [0.717, 1.165) is 0 Å². The third-order valence-electron chi connectivity index (χ3n) is 2.64. The monoisotopic (exact) mass is 224 g/mol. The number of amides is 1. The van der Waals surface area contributed by atoms with Crippen LogP contribution in [0.25, 0.3) is 0 Å². The lowest BCUT2D eigenvalue weighted by Crippen LogP contribution is -2.46. The molecule has 88 valence electrons. The first-order valence-electron chi connectivity index (χ1n) is 4.97. The van der Waals surface area contributed by atoms with E-state index in [0.29, 0.717) is 5.56 Å². The lowest BCUT2D eigenvalue weighted by Gasteiger charge is -2.34. The van der Waals surface area contributed by atoms with Gasteiger partial charge in [0, 0.05) is 25.0 Å². The van der Waals surface area contributed by atoms with E-state index in [9.17, 15) is 9.59 Å². The van der Waals surface area contributed by atoms with Gasteiger partial charge in [0.05, 0.1) is 12.0 Å². The van der Waals surface area contributed by atoms with Gasteiger partial charge < -0.3 is 15.0 Å². The first kappa shape index (κ1) is 12.3. The summed E-state index contributed by atoms with van der Waals surface area (Å²) in [4.78, 5) is 26.9. The number of aromatic nitrogens is 1. The molecular formula is C11H16N2O3. The molecule has 0 spiro atoms. The van der Waals surface area contributed by atoms with Crippen molar-refractivity contribution in [2.45, 2.75) is 25.8 Å². The summed E-state index contributed by atoms with van der Waals surface area (Å²) < 4.78 is 0. The van der Waals surface area contributed by atoms with Gasteiger partial charge in [-0.2, -0.15) is 0 Å². The van der Waals surface area contributed by atoms with Crippen molar-refractivity contribution in [2.75, 3.05) is 7.05 Å². The number of carboxylic acid groups (broad SMARTS) is 1. The third kappa shape index (κ3) is 2.62. The molecule has 0 aliphatic carbocycles. The number of H-pyrrole nitrogens is 1. The first-order chi connectivity index (χ1) is 7.34. The molecule has 1 heterocycles. The van der Waals surface area contributed by atoms with E-state index < -0.39 is 11.5 Å². The molecule has 0 atom stereocenters. The molecule has 0 aromatic carbocycles. The number of nitrogens with one attached hydrogen (secondary N) is 1. The molecule has 0 bridgehead atoms. The molecule has 1 rings (SSSR count). The summed E-state index contributed by atoms with van der Waals surface area (Å²) in [6, 6.07) is 1.66. The van der Waals surface area contributed by atoms with Crippen LogP contribution in [-0.2, 0) is 4.79 Å². The average Bonchev–Trinajstić information content (AvgIpc) is 2.66. The zero-order valence-corrected chi connectivity index (χ0v) is 9.65. The Morgan fingerprint density at radius 3 is 2.56 bits per heavy atom. The highest BCUT2D eigenvalue weighted by Gasteiger charge is 2.30. The van der Waals surface area contributed by atoms with Gasteiger partial charge in [0.1, 0.15) is 0 Å². The molecule has 0 aliphatic heterocycles. The van der Waals surface area contributed by atoms with E-state index in [-0.39, 0.29) is 12.3 Å². The molecule has 1 amide bonds. The molecule has 5 heteroatoms. The van der Waals surface area contributed by atoms with Crippen molar-refractivity contribution in [2.24, 2.45) is 0 Å². The van der Waals surface area contributed by atoms with Crippen LogP contribution in [0.3, 0.4) is 0 Å². The van der Waals surface area contributed by atoms with E-state index in [2.05, 4.69) is 4.98 Å². The molecular weight excluding hydrogens is 208 g/mol. The molecule has 16 heavy (non-hydrogen) atoms. The zero-order valence-electron chi connectivity index (χ0n) is 9.65. The third-order valence-corrected chi connectivity index (χ3v) is 2.64. The van der Waals surface area contributed by atoms with Crippen molar-refractivity contribution in [3.05, 3.63) is 24.0 Å². The second-order valence-electron chi connectivity index (χ2n) is 4.35. The normalized spacial score (nSPS) is 11.2. The summed E-state index contributed by atoms with van der Waals surface area (Å²) in [5.74, 6) is -1.11. The highest BCUT2D eigenvalue weighted by molar-refractivity contribution is 5.94. The fourth-order valence-electron chi connectivity index (χ4n) is 1.41. The van der Waals surface area contributed by atoms with Gasteiger partial charge in [-0.25, -0.2) is 0 Å². The van der Waals surface area contributed by atoms with Crippen molar-refractivity contribution in [3.8, 4) is 0 Å². The lowest BCUT2D eigenvalue weighted by atomic mass is 9.98. The molecule has 1 aromatic heterocycles. The second kappa shape index (κ2) is 4.38. The van der Waals surface area contributed by atoms with Gasteiger partial charge in [-0.1, -0.05) is 0 Å². The Bertz CT molecular complexity index is 382. The Hall–Kier alpha value is -1.78. The maximum absolute atomic E-state index is 11.9. The van der Waals surface area contributed by atoms with Gasteiger partial charge in [0.2, 0.25) is 0 Å². The van der Waals surface area contributed by atoms with Crippen molar-refractivity contribution >= 4 is 11.9 Å². The van der Waals surface area contributed by atoms with Crippen LogP contribution >= 0.6 is 0 Å². The number of aliphatic carboxylic acids is 1. The van der Waals surface area contributed by atoms with Crippen LogP contribution in [0.5, 0.6) is 0 Å². The standard InChI is InChI=1S/C11H16N2O3/c1-11(2,6-9(14)15)13(3)10(16)8-4-5-12-7-8/h4-5,7,12H,6H2,1-3H3,(H,14,15). The average molecular weight is 224 g/mol. The number of carbonyl (C=O) groups excluding carboxylic acids is 1. The van der Waals surface area contributed by atoms with Gasteiger partial charge in [-0.3, -0.25) is 9.59 Å². The maximum Gasteiger partial charge on any atom is 0.305 e. The van der Waals surface area contributed by atoms with E-state index in [1.54, 1.807) is 39.4 Å². The zero-order chi connectivity index (χ0) is 12.3. The Morgan fingerprint density at radius 1 is 1.50 bits per heavy atom. The van der Waals surface area contributed by atoms with Crippen LogP contribution in [-0.4, -0.2) is 39.5 Å². The van der Waals surface area contributed by atoms with Gasteiger partial charge >= 0.3 is 5.97 Å². The van der Waals surface area contributed by atoms with Crippen LogP contribution in [0.4, 0.5) is 0 Å². The molecule has 0 fully saturated rings. The molecule has 5 nitrogen and oxygen atoms in total. The van der Waals surface area contributed by atoms with Gasteiger partial charge in [-0.05, 0) is 19.9 Å². The molecule has 0 saturated carbocycles. The lowest BCUT2D eigenvalue weighted by molar-refractivity contribution is -0.139. The van der Waals surface area contributed by atoms with E-state index >= 15 is 0 Å². The minimum Gasteiger partial charge on any atom is -0.481 e. The highest BCUT2D eigenvalue weighted by atomic mass is 16.4. The molecule has 2 N–H and O–H groups in total. The van der Waals surface area contributed by atoms with E-state index in [1.807, 2.05) is 0 Å². The van der Waals surface area contributed by atoms with Gasteiger partial charge in [0.25, 0.3) is 5.91 Å². The SMILES string of the molecule is CN(C(=O)c1cc[nH]c1)C(C)(C)CC(=O)O. The fourth-order valence-corrected chi connectivity index (χ4v) is 1.41. The van der Waals surface area contributed by atoms with Crippen LogP contribution in [0.15, 0.2) is 18.5 Å². The van der Waals surface area contributed by atoms with Crippen molar-refractivity contribution in [1.29, 1.82) is 0 Å². The van der Waals surface area contributed by atoms with Crippen molar-refractivity contribution in [1.82, 2.24) is 9.88 Å². The van der Waals surface area contributed by atoms with Crippen LogP contribution in [0.2, 0.25) is 0 Å². The fraction of sp³-hybridized carbons (Fsp3) is 0.455. The molecule has 1 aromatic rings. The number of hydrogen-bond acceptors (Lipinski definition) is 2. The second-order valence-corrected chi connectivity index (χ2v) is 4.35. The summed E-state index contributed by atoms with van der Waals surface area (Å²) in [6.07, 6.45) is 3.17. The number of carboxylic acids is 1. The summed E-state index contributed by atoms with van der Waals surface area (Å²) in [6.45, 7) is 3.46. The van der Waals surface area contributed by atoms with Crippen molar-refractivity contribution < 1.29 is 14.7 Å². The quantitative estimate of drug-likeness (QED) is 0.810. The minimum absolute atomic E-state index is 0.0837. The summed E-state index contributed by atoms with van der Waals surface area (Å²) in [5.41, 5.74) is -0.179. The number of carbonyl (C=O) groups is 2. The number of aromatic amines is 1. The minimum atomic E-state index is -0.918. The largest absolute Gasteiger partial charge is 0.481 e. The summed E-state index contributed by atoms with van der Waals surface area (Å²) >= 11 is 0. The van der Waals surface area contributed by atoms with Crippen molar-refractivity contribution in [3.63, 3.8) is 0 Å². The number of rotatable bonds is 4. The highest BCUT2D eigenvalue weighted by Crippen LogP contribution is 2.19. The molecule has 0 aliphatic rings. The molecule has 0 radical (unpaired) electrons. The van der Waals surface area contributed by atoms with E-state index in [4.69, 9.17) is 5.11 Å². The molecule has 0 unspecified atom stereocenters. The smallest absolute Gasteiger partial charge is 0.305 e. The Labute approximate surface area is 94.1 Å². The number of hydrogen-bond donors (Lipinski definition) is 2. The first-order valence-corrected chi connectivity index (χ1v) is 4.97. The summed E-state index contributed by atoms with van der Waals surface area (Å²) in [5, 5.41) is 8.77. The Morgan fingerprint density at radius 2 is 2.12 bits per heavy atom. The predicted molar refractivity (Wildman–Crippen MR) is 59.2 cm³/mol. The van der Waals surface area contributed by atoms with Crippen LogP contribution < -0.4 is 0 Å².